The van der Waals surface area contributed by atoms with Gasteiger partial charge in [-0.3, -0.25) is 4.68 Å². The third-order valence-electron chi connectivity index (χ3n) is 4.30. The summed E-state index contributed by atoms with van der Waals surface area (Å²) in [6.45, 7) is 7.20. The number of rotatable bonds is 6. The Morgan fingerprint density at radius 1 is 1.08 bits per heavy atom. The fourth-order valence-corrected chi connectivity index (χ4v) is 2.83. The standard InChI is InChI=1S/C21H24N4O/c1-15-7-4-5-9-20(15)14-26-24-21(22)19-10-6-8-18(12-19)13-25-17(3)11-16(2)23-25/h4-12H,13-14H2,1-3H3,(H2,22,24). The molecule has 0 radical (unpaired) electrons. The lowest BCUT2D eigenvalue weighted by atomic mass is 10.1. The van der Waals surface area contributed by atoms with Crippen molar-refractivity contribution in [3.05, 3.63) is 88.2 Å². The van der Waals surface area contributed by atoms with E-state index in [4.69, 9.17) is 10.6 Å². The highest BCUT2D eigenvalue weighted by molar-refractivity contribution is 5.97. The van der Waals surface area contributed by atoms with Crippen molar-refractivity contribution >= 4 is 5.84 Å². The van der Waals surface area contributed by atoms with Gasteiger partial charge in [0.1, 0.15) is 6.61 Å². The van der Waals surface area contributed by atoms with E-state index in [-0.39, 0.29) is 0 Å². The summed E-state index contributed by atoms with van der Waals surface area (Å²) in [5, 5.41) is 8.57. The predicted molar refractivity (Wildman–Crippen MR) is 104 cm³/mol. The Hall–Kier alpha value is -3.08. The smallest absolute Gasteiger partial charge is 0.170 e. The Morgan fingerprint density at radius 2 is 1.88 bits per heavy atom. The Labute approximate surface area is 154 Å². The van der Waals surface area contributed by atoms with Crippen LogP contribution < -0.4 is 5.73 Å². The zero-order valence-electron chi connectivity index (χ0n) is 15.4. The fraction of sp³-hybridized carbons (Fsp3) is 0.238. The molecule has 1 heterocycles. The molecule has 0 saturated heterocycles. The van der Waals surface area contributed by atoms with Crippen LogP contribution in [-0.4, -0.2) is 15.6 Å². The van der Waals surface area contributed by atoms with Crippen molar-refractivity contribution in [1.29, 1.82) is 0 Å². The van der Waals surface area contributed by atoms with Crippen LogP contribution in [0.5, 0.6) is 0 Å². The van der Waals surface area contributed by atoms with Crippen LogP contribution in [0.25, 0.3) is 0 Å². The van der Waals surface area contributed by atoms with Gasteiger partial charge in [0, 0.05) is 11.3 Å². The Morgan fingerprint density at radius 3 is 2.62 bits per heavy atom. The number of amidine groups is 1. The molecule has 0 atom stereocenters. The van der Waals surface area contributed by atoms with Crippen molar-refractivity contribution < 1.29 is 4.84 Å². The zero-order valence-corrected chi connectivity index (χ0v) is 15.4. The van der Waals surface area contributed by atoms with Crippen LogP contribution in [0.3, 0.4) is 0 Å². The molecule has 0 aliphatic rings. The molecule has 0 aliphatic carbocycles. The summed E-state index contributed by atoms with van der Waals surface area (Å²) in [4.78, 5) is 5.44. The average molecular weight is 348 g/mol. The van der Waals surface area contributed by atoms with Gasteiger partial charge < -0.3 is 10.6 Å². The van der Waals surface area contributed by atoms with Crippen molar-refractivity contribution in [2.45, 2.75) is 33.9 Å². The molecule has 0 saturated carbocycles. The van der Waals surface area contributed by atoms with Gasteiger partial charge in [-0.1, -0.05) is 47.6 Å². The number of nitrogens with two attached hydrogens (primary N) is 1. The minimum absolute atomic E-state index is 0.369. The highest BCUT2D eigenvalue weighted by Gasteiger charge is 2.05. The van der Waals surface area contributed by atoms with Crippen molar-refractivity contribution in [1.82, 2.24) is 9.78 Å². The van der Waals surface area contributed by atoms with Crippen LogP contribution in [0.2, 0.25) is 0 Å². The van der Waals surface area contributed by atoms with Crippen LogP contribution in [0.4, 0.5) is 0 Å². The first-order valence-electron chi connectivity index (χ1n) is 8.63. The number of oxime groups is 1. The summed E-state index contributed by atoms with van der Waals surface area (Å²) < 4.78 is 1.98. The number of aryl methyl sites for hydroxylation is 3. The lowest BCUT2D eigenvalue weighted by molar-refractivity contribution is 0.130. The first-order chi connectivity index (χ1) is 12.5. The fourth-order valence-electron chi connectivity index (χ4n) is 2.83. The summed E-state index contributed by atoms with van der Waals surface area (Å²) in [6.07, 6.45) is 0. The van der Waals surface area contributed by atoms with Gasteiger partial charge in [0.25, 0.3) is 0 Å². The van der Waals surface area contributed by atoms with Crippen LogP contribution in [0.1, 0.15) is 33.6 Å². The molecular formula is C21H24N4O. The molecule has 2 aromatic carbocycles. The van der Waals surface area contributed by atoms with E-state index in [1.165, 1.54) is 5.56 Å². The van der Waals surface area contributed by atoms with Crippen molar-refractivity contribution in [2.75, 3.05) is 0 Å². The van der Waals surface area contributed by atoms with Gasteiger partial charge in [0.05, 0.1) is 12.2 Å². The minimum Gasteiger partial charge on any atom is -0.389 e. The van der Waals surface area contributed by atoms with Crippen LogP contribution in [0.15, 0.2) is 59.8 Å². The highest BCUT2D eigenvalue weighted by atomic mass is 16.6. The van der Waals surface area contributed by atoms with Gasteiger partial charge >= 0.3 is 0 Å². The molecule has 0 unspecified atom stereocenters. The Bertz CT molecular complexity index is 927. The molecule has 3 rings (SSSR count). The number of hydrogen-bond donors (Lipinski definition) is 1. The molecule has 0 amide bonds. The number of hydrogen-bond acceptors (Lipinski definition) is 3. The van der Waals surface area contributed by atoms with Gasteiger partial charge in [-0.2, -0.15) is 5.10 Å². The van der Waals surface area contributed by atoms with Crippen molar-refractivity contribution in [3.63, 3.8) is 0 Å². The van der Waals surface area contributed by atoms with E-state index in [1.807, 2.05) is 61.0 Å². The molecule has 0 spiro atoms. The maximum atomic E-state index is 6.10. The third-order valence-corrected chi connectivity index (χ3v) is 4.30. The maximum Gasteiger partial charge on any atom is 0.170 e. The molecule has 3 aromatic rings. The molecule has 26 heavy (non-hydrogen) atoms. The largest absolute Gasteiger partial charge is 0.389 e. The van der Waals surface area contributed by atoms with Gasteiger partial charge in [0.2, 0.25) is 0 Å². The lowest BCUT2D eigenvalue weighted by Gasteiger charge is -2.08. The molecule has 134 valence electrons. The SMILES string of the molecule is Cc1cc(C)n(Cc2cccc(/C(N)=N\OCc3ccccc3C)c2)n1. The van der Waals surface area contributed by atoms with Gasteiger partial charge in [-0.05, 0) is 49.6 Å². The second kappa shape index (κ2) is 7.87. The van der Waals surface area contributed by atoms with E-state index in [0.29, 0.717) is 19.0 Å². The molecule has 1 aromatic heterocycles. The molecule has 2 N–H and O–H groups in total. The molecule has 0 bridgehead atoms. The second-order valence-electron chi connectivity index (χ2n) is 6.46. The molecule has 5 heteroatoms. The van der Waals surface area contributed by atoms with E-state index >= 15 is 0 Å². The van der Waals surface area contributed by atoms with Crippen molar-refractivity contribution in [3.8, 4) is 0 Å². The van der Waals surface area contributed by atoms with E-state index in [1.54, 1.807) is 0 Å². The first-order valence-corrected chi connectivity index (χ1v) is 8.63. The topological polar surface area (TPSA) is 65.4 Å². The van der Waals surface area contributed by atoms with E-state index in [9.17, 15) is 0 Å². The summed E-state index contributed by atoms with van der Waals surface area (Å²) >= 11 is 0. The van der Waals surface area contributed by atoms with Gasteiger partial charge in [-0.25, -0.2) is 0 Å². The third kappa shape index (κ3) is 4.30. The zero-order chi connectivity index (χ0) is 18.5. The maximum absolute atomic E-state index is 6.10. The van der Waals surface area contributed by atoms with E-state index in [2.05, 4.69) is 29.3 Å². The first kappa shape index (κ1) is 17.7. The second-order valence-corrected chi connectivity index (χ2v) is 6.46. The predicted octanol–water partition coefficient (Wildman–Crippen LogP) is 3.69. The Kier molecular flexibility index (Phi) is 5.37. The lowest BCUT2D eigenvalue weighted by Crippen LogP contribution is -2.14. The molecule has 5 nitrogen and oxygen atoms in total. The van der Waals surface area contributed by atoms with Crippen LogP contribution in [0, 0.1) is 20.8 Å². The molecule has 0 fully saturated rings. The summed E-state index contributed by atoms with van der Waals surface area (Å²) in [6, 6.07) is 18.1. The molecular weight excluding hydrogens is 324 g/mol. The summed E-state index contributed by atoms with van der Waals surface area (Å²) in [5.74, 6) is 0.369. The average Bonchev–Trinajstić information content (AvgIpc) is 2.94. The highest BCUT2D eigenvalue weighted by Crippen LogP contribution is 2.11. The van der Waals surface area contributed by atoms with Crippen LogP contribution in [-0.2, 0) is 18.0 Å². The molecule has 0 aliphatic heterocycles. The minimum atomic E-state index is 0.369. The van der Waals surface area contributed by atoms with Gasteiger partial charge in [-0.15, -0.1) is 0 Å². The van der Waals surface area contributed by atoms with Gasteiger partial charge in [0.15, 0.2) is 5.84 Å². The number of aromatic nitrogens is 2. The quantitative estimate of drug-likeness (QED) is 0.420. The summed E-state index contributed by atoms with van der Waals surface area (Å²) in [5.41, 5.74) is 12.5. The Balaban J connectivity index is 1.68. The van der Waals surface area contributed by atoms with E-state index < -0.39 is 0 Å². The number of nitrogens with zero attached hydrogens (tertiary/aromatic N) is 3. The summed E-state index contributed by atoms with van der Waals surface area (Å²) in [7, 11) is 0. The number of benzene rings is 2. The van der Waals surface area contributed by atoms with Crippen LogP contribution >= 0.6 is 0 Å². The normalized spacial score (nSPS) is 11.6. The van der Waals surface area contributed by atoms with E-state index in [0.717, 1.165) is 28.1 Å². The van der Waals surface area contributed by atoms with Crippen molar-refractivity contribution in [2.24, 2.45) is 10.9 Å². The monoisotopic (exact) mass is 348 g/mol.